The van der Waals surface area contributed by atoms with Crippen molar-refractivity contribution in [3.05, 3.63) is 61.2 Å². The fourth-order valence-corrected chi connectivity index (χ4v) is 1.90. The predicted molar refractivity (Wildman–Crippen MR) is 65.0 cm³/mol. The minimum absolute atomic E-state index is 1.14. The van der Waals surface area contributed by atoms with E-state index >= 15 is 0 Å². The smallest absolute Gasteiger partial charge is 0.0346 e. The molecule has 0 amide bonds. The average molecular weight is 206 g/mol. The molecule has 0 spiro atoms. The second-order valence-corrected chi connectivity index (χ2v) is 3.64. The van der Waals surface area contributed by atoms with Crippen LogP contribution in [0.5, 0.6) is 0 Å². The second kappa shape index (κ2) is 3.74. The van der Waals surface area contributed by atoms with Gasteiger partial charge in [-0.15, -0.1) is 0 Å². The highest BCUT2D eigenvalue weighted by molar-refractivity contribution is 5.95. The Hall–Kier alpha value is -2.22. The summed E-state index contributed by atoms with van der Waals surface area (Å²) in [5, 5.41) is 2.37. The fraction of sp³-hybridized carbons (Fsp3) is 0. The largest absolute Gasteiger partial charge is 0.264 e. The highest BCUT2D eigenvalue weighted by Gasteiger charge is 2.02. The van der Waals surface area contributed by atoms with E-state index in [1.54, 1.807) is 6.20 Å². The summed E-state index contributed by atoms with van der Waals surface area (Å²) < 4.78 is 0. The van der Waals surface area contributed by atoms with E-state index in [0.29, 0.717) is 0 Å². The Morgan fingerprint density at radius 2 is 1.69 bits per heavy atom. The third-order valence-electron chi connectivity index (χ3n) is 2.65. The first kappa shape index (κ1) is 9.04. The molecule has 0 saturated heterocycles. The predicted octanol–water partition coefficient (Wildman–Crippen LogP) is 3.30. The van der Waals surface area contributed by atoms with E-state index in [9.17, 15) is 0 Å². The maximum absolute atomic E-state index is 4.15. The summed E-state index contributed by atoms with van der Waals surface area (Å²) in [4.78, 5) is 8.28. The maximum Gasteiger partial charge on any atom is 0.0346 e. The molecule has 0 saturated carbocycles. The van der Waals surface area contributed by atoms with Crippen LogP contribution in [0.15, 0.2) is 61.2 Å². The first-order valence-corrected chi connectivity index (χ1v) is 5.18. The van der Waals surface area contributed by atoms with Crippen molar-refractivity contribution in [3.8, 4) is 11.1 Å². The molecule has 3 rings (SSSR count). The third kappa shape index (κ3) is 1.44. The molecule has 2 heteroatoms. The molecule has 2 nitrogen and oxygen atoms in total. The molecular formula is C14H10N2. The number of fused-ring (bicyclic) bond motifs is 1. The zero-order valence-electron chi connectivity index (χ0n) is 8.67. The molecule has 0 aliphatic rings. The van der Waals surface area contributed by atoms with Crippen molar-refractivity contribution in [1.82, 2.24) is 9.97 Å². The summed E-state index contributed by atoms with van der Waals surface area (Å²) in [6.07, 6.45) is 7.38. The van der Waals surface area contributed by atoms with Crippen molar-refractivity contribution >= 4 is 10.8 Å². The number of nitrogens with zero attached hydrogens (tertiary/aromatic N) is 2. The van der Waals surface area contributed by atoms with Crippen molar-refractivity contribution in [2.24, 2.45) is 0 Å². The zero-order valence-corrected chi connectivity index (χ0v) is 8.67. The van der Waals surface area contributed by atoms with Gasteiger partial charge in [-0.2, -0.15) is 0 Å². The lowest BCUT2D eigenvalue weighted by molar-refractivity contribution is 1.33. The van der Waals surface area contributed by atoms with Gasteiger partial charge >= 0.3 is 0 Å². The molecule has 2 heterocycles. The molecule has 3 aromatic rings. The minimum atomic E-state index is 1.14. The Bertz CT molecular complexity index is 612. The van der Waals surface area contributed by atoms with Crippen molar-refractivity contribution in [1.29, 1.82) is 0 Å². The summed E-state index contributed by atoms with van der Waals surface area (Å²) in [6.45, 7) is 0. The molecule has 0 fully saturated rings. The Morgan fingerprint density at radius 3 is 2.56 bits per heavy atom. The molecule has 0 unspecified atom stereocenters. The molecule has 0 aliphatic carbocycles. The van der Waals surface area contributed by atoms with Crippen LogP contribution in [0.3, 0.4) is 0 Å². The molecule has 16 heavy (non-hydrogen) atoms. The Kier molecular flexibility index (Phi) is 2.11. The first-order chi connectivity index (χ1) is 7.95. The lowest BCUT2D eigenvalue weighted by Crippen LogP contribution is -1.82. The SMILES string of the molecule is c1cncc(-c2cccc3cnccc23)c1. The van der Waals surface area contributed by atoms with Gasteiger partial charge in [0.25, 0.3) is 0 Å². The van der Waals surface area contributed by atoms with Crippen molar-refractivity contribution in [2.45, 2.75) is 0 Å². The zero-order chi connectivity index (χ0) is 10.8. The Balaban J connectivity index is 2.32. The van der Waals surface area contributed by atoms with Gasteiger partial charge in [0.05, 0.1) is 0 Å². The quantitative estimate of drug-likeness (QED) is 0.610. The Morgan fingerprint density at radius 1 is 0.750 bits per heavy atom. The van der Waals surface area contributed by atoms with E-state index in [2.05, 4.69) is 28.2 Å². The van der Waals surface area contributed by atoms with Gasteiger partial charge in [0.1, 0.15) is 0 Å². The van der Waals surface area contributed by atoms with Gasteiger partial charge < -0.3 is 0 Å². The number of rotatable bonds is 1. The van der Waals surface area contributed by atoms with Gasteiger partial charge in [-0.25, -0.2) is 0 Å². The van der Waals surface area contributed by atoms with Crippen LogP contribution in [0.4, 0.5) is 0 Å². The lowest BCUT2D eigenvalue weighted by Gasteiger charge is -2.05. The fourth-order valence-electron chi connectivity index (χ4n) is 1.90. The second-order valence-electron chi connectivity index (χ2n) is 3.64. The Labute approximate surface area is 93.6 Å². The van der Waals surface area contributed by atoms with Crippen LogP contribution in [0.2, 0.25) is 0 Å². The number of hydrogen-bond donors (Lipinski definition) is 0. The average Bonchev–Trinajstić information content (AvgIpc) is 2.39. The van der Waals surface area contributed by atoms with Gasteiger partial charge in [0.15, 0.2) is 0 Å². The van der Waals surface area contributed by atoms with E-state index in [0.717, 1.165) is 10.9 Å². The summed E-state index contributed by atoms with van der Waals surface area (Å²) in [7, 11) is 0. The van der Waals surface area contributed by atoms with Crippen molar-refractivity contribution in [2.75, 3.05) is 0 Å². The van der Waals surface area contributed by atoms with Gasteiger partial charge in [-0.05, 0) is 23.1 Å². The van der Waals surface area contributed by atoms with Crippen LogP contribution < -0.4 is 0 Å². The minimum Gasteiger partial charge on any atom is -0.264 e. The van der Waals surface area contributed by atoms with Crippen molar-refractivity contribution < 1.29 is 0 Å². The molecule has 0 N–H and O–H groups in total. The van der Waals surface area contributed by atoms with Crippen LogP contribution in [-0.2, 0) is 0 Å². The van der Waals surface area contributed by atoms with Crippen molar-refractivity contribution in [3.63, 3.8) is 0 Å². The molecule has 76 valence electrons. The van der Waals surface area contributed by atoms with Crippen LogP contribution in [0.25, 0.3) is 21.9 Å². The van der Waals surface area contributed by atoms with Crippen LogP contribution in [0.1, 0.15) is 0 Å². The maximum atomic E-state index is 4.15. The summed E-state index contributed by atoms with van der Waals surface area (Å²) >= 11 is 0. The number of benzene rings is 1. The lowest BCUT2D eigenvalue weighted by atomic mass is 10.0. The van der Waals surface area contributed by atoms with Crippen LogP contribution in [0, 0.1) is 0 Å². The number of aromatic nitrogens is 2. The van der Waals surface area contributed by atoms with E-state index in [4.69, 9.17) is 0 Å². The molecule has 0 aliphatic heterocycles. The van der Waals surface area contributed by atoms with Gasteiger partial charge in [0.2, 0.25) is 0 Å². The molecule has 0 radical (unpaired) electrons. The molecule has 1 aromatic carbocycles. The topological polar surface area (TPSA) is 25.8 Å². The van der Waals surface area contributed by atoms with E-state index in [1.165, 1.54) is 10.9 Å². The number of hydrogen-bond acceptors (Lipinski definition) is 2. The third-order valence-corrected chi connectivity index (χ3v) is 2.65. The molecular weight excluding hydrogens is 196 g/mol. The first-order valence-electron chi connectivity index (χ1n) is 5.18. The van der Waals surface area contributed by atoms with E-state index in [1.807, 2.05) is 36.8 Å². The van der Waals surface area contributed by atoms with Gasteiger partial charge in [0, 0.05) is 35.7 Å². The van der Waals surface area contributed by atoms with Gasteiger partial charge in [-0.3, -0.25) is 9.97 Å². The van der Waals surface area contributed by atoms with Crippen LogP contribution >= 0.6 is 0 Å². The van der Waals surface area contributed by atoms with E-state index < -0.39 is 0 Å². The van der Waals surface area contributed by atoms with Gasteiger partial charge in [-0.1, -0.05) is 24.3 Å². The van der Waals surface area contributed by atoms with Crippen LogP contribution in [-0.4, -0.2) is 9.97 Å². The standard InChI is InChI=1S/C14H10N2/c1-3-11-10-16-8-6-14(11)13(5-1)12-4-2-7-15-9-12/h1-10H. The summed E-state index contributed by atoms with van der Waals surface area (Å²) in [6, 6.07) is 12.3. The highest BCUT2D eigenvalue weighted by Crippen LogP contribution is 2.26. The highest BCUT2D eigenvalue weighted by atomic mass is 14.6. The number of pyridine rings is 2. The summed E-state index contributed by atoms with van der Waals surface area (Å²) in [5.74, 6) is 0. The monoisotopic (exact) mass is 206 g/mol. The van der Waals surface area contributed by atoms with E-state index in [-0.39, 0.29) is 0 Å². The molecule has 0 atom stereocenters. The summed E-state index contributed by atoms with van der Waals surface area (Å²) in [5.41, 5.74) is 2.34. The molecule has 0 bridgehead atoms. The normalized spacial score (nSPS) is 10.5. The molecule has 2 aromatic heterocycles.